The summed E-state index contributed by atoms with van der Waals surface area (Å²) >= 11 is 0. The molecule has 1 aliphatic heterocycles. The second kappa shape index (κ2) is 1.33. The average molecular weight is 83.1 g/mol. The van der Waals surface area contributed by atoms with Crippen molar-refractivity contribution in [1.82, 2.24) is 5.32 Å². The van der Waals surface area contributed by atoms with E-state index in [1.807, 2.05) is 0 Å². The summed E-state index contributed by atoms with van der Waals surface area (Å²) in [4.78, 5) is 0. The molecule has 1 heteroatoms. The van der Waals surface area contributed by atoms with Crippen LogP contribution in [0, 0.1) is 0 Å². The first kappa shape index (κ1) is 3.72. The van der Waals surface area contributed by atoms with Crippen LogP contribution in [0.3, 0.4) is 0 Å². The molecule has 0 spiro atoms. The van der Waals surface area contributed by atoms with Gasteiger partial charge in [0.05, 0.1) is 6.54 Å². The van der Waals surface area contributed by atoms with Crippen molar-refractivity contribution in [2.24, 2.45) is 0 Å². The van der Waals surface area contributed by atoms with Crippen molar-refractivity contribution in [2.45, 2.75) is 13.3 Å². The summed E-state index contributed by atoms with van der Waals surface area (Å²) in [5, 5.41) is 3.10. The molecule has 34 valence electrons. The van der Waals surface area contributed by atoms with Crippen LogP contribution in [0.1, 0.15) is 13.3 Å². The van der Waals surface area contributed by atoms with E-state index in [9.17, 15) is 0 Å². The molecule has 0 unspecified atom stereocenters. The van der Waals surface area contributed by atoms with E-state index in [1.165, 1.54) is 12.1 Å². The van der Waals surface area contributed by atoms with Gasteiger partial charge in [-0.25, -0.2) is 0 Å². The molecule has 1 N–H and O–H groups in total. The van der Waals surface area contributed by atoms with Crippen LogP contribution in [0.5, 0.6) is 0 Å². The number of rotatable bonds is 1. The van der Waals surface area contributed by atoms with E-state index in [2.05, 4.69) is 18.3 Å². The summed E-state index contributed by atoms with van der Waals surface area (Å²) in [5.74, 6) is 0. The highest BCUT2D eigenvalue weighted by Crippen LogP contribution is 2.00. The van der Waals surface area contributed by atoms with Crippen LogP contribution in [0.2, 0.25) is 0 Å². The lowest BCUT2D eigenvalue weighted by atomic mass is 10.4. The van der Waals surface area contributed by atoms with Gasteiger partial charge in [-0.05, 0) is 6.42 Å². The van der Waals surface area contributed by atoms with Crippen LogP contribution in [0.25, 0.3) is 0 Å². The van der Waals surface area contributed by atoms with Crippen molar-refractivity contribution in [3.05, 3.63) is 11.8 Å². The molecular weight excluding hydrogens is 74.1 g/mol. The van der Waals surface area contributed by atoms with E-state index < -0.39 is 0 Å². The number of hydrogen-bond acceptors (Lipinski definition) is 1. The van der Waals surface area contributed by atoms with Crippen LogP contribution in [-0.4, -0.2) is 6.54 Å². The van der Waals surface area contributed by atoms with Gasteiger partial charge in [0.15, 0.2) is 0 Å². The van der Waals surface area contributed by atoms with Gasteiger partial charge >= 0.3 is 0 Å². The van der Waals surface area contributed by atoms with E-state index in [1.54, 1.807) is 0 Å². The Morgan fingerprint density at radius 3 is 2.83 bits per heavy atom. The molecule has 0 bridgehead atoms. The van der Waals surface area contributed by atoms with Gasteiger partial charge in [-0.1, -0.05) is 13.0 Å². The predicted molar refractivity (Wildman–Crippen MR) is 26.4 cm³/mol. The highest BCUT2D eigenvalue weighted by atomic mass is 15.0. The molecule has 0 aromatic rings. The Morgan fingerprint density at radius 1 is 2.00 bits per heavy atom. The van der Waals surface area contributed by atoms with Gasteiger partial charge in [-0.3, -0.25) is 0 Å². The number of hydrogen-bond donors (Lipinski definition) is 1. The van der Waals surface area contributed by atoms with E-state index in [0.29, 0.717) is 0 Å². The fourth-order valence-corrected chi connectivity index (χ4v) is 0.442. The first-order valence-electron chi connectivity index (χ1n) is 2.36. The summed E-state index contributed by atoms with van der Waals surface area (Å²) in [7, 11) is 0. The highest BCUT2D eigenvalue weighted by Gasteiger charge is 2.04. The van der Waals surface area contributed by atoms with Crippen molar-refractivity contribution in [2.75, 3.05) is 6.54 Å². The average Bonchev–Trinajstić information content (AvgIpc) is 2.21. The van der Waals surface area contributed by atoms with E-state index in [0.717, 1.165) is 6.54 Å². The Labute approximate surface area is 38.1 Å². The van der Waals surface area contributed by atoms with E-state index in [-0.39, 0.29) is 0 Å². The third kappa shape index (κ3) is 0.744. The van der Waals surface area contributed by atoms with Gasteiger partial charge in [0.2, 0.25) is 0 Å². The molecule has 1 heterocycles. The minimum absolute atomic E-state index is 1.13. The minimum Gasteiger partial charge on any atom is -0.382 e. The van der Waals surface area contributed by atoms with Crippen LogP contribution in [0.15, 0.2) is 11.8 Å². The predicted octanol–water partition coefficient (Wildman–Crippen LogP) is 0.883. The summed E-state index contributed by atoms with van der Waals surface area (Å²) in [6.07, 6.45) is 3.38. The van der Waals surface area contributed by atoms with Crippen LogP contribution in [0.4, 0.5) is 0 Å². The van der Waals surface area contributed by atoms with Crippen molar-refractivity contribution in [3.8, 4) is 0 Å². The van der Waals surface area contributed by atoms with Gasteiger partial charge in [-0.15, -0.1) is 0 Å². The lowest BCUT2D eigenvalue weighted by molar-refractivity contribution is 1.21. The summed E-state index contributed by atoms with van der Waals surface area (Å²) in [6.45, 7) is 3.28. The summed E-state index contributed by atoms with van der Waals surface area (Å²) in [5.41, 5.74) is 1.41. The van der Waals surface area contributed by atoms with Gasteiger partial charge in [0, 0.05) is 5.70 Å². The lowest BCUT2D eigenvalue weighted by Gasteiger charge is -1.66. The lowest BCUT2D eigenvalue weighted by Crippen LogP contribution is -1.60. The molecule has 1 rings (SSSR count). The Balaban J connectivity index is 2.24. The van der Waals surface area contributed by atoms with Gasteiger partial charge < -0.3 is 5.32 Å². The molecule has 0 radical (unpaired) electrons. The largest absolute Gasteiger partial charge is 0.382 e. The molecule has 0 saturated carbocycles. The first-order chi connectivity index (χ1) is 2.93. The Bertz CT molecular complexity index is 68.0. The molecule has 0 aromatic carbocycles. The molecule has 6 heavy (non-hydrogen) atoms. The molecule has 1 aliphatic rings. The Hall–Kier alpha value is -0.460. The molecule has 0 aromatic heterocycles. The number of allylic oxidation sites excluding steroid dienone is 1. The van der Waals surface area contributed by atoms with Gasteiger partial charge in [0.1, 0.15) is 0 Å². The summed E-state index contributed by atoms with van der Waals surface area (Å²) in [6, 6.07) is 0. The maximum absolute atomic E-state index is 3.10. The molecule has 1 nitrogen and oxygen atoms in total. The highest BCUT2D eigenvalue weighted by molar-refractivity contribution is 5.14. The number of nitrogens with one attached hydrogen (secondary N) is 1. The molecular formula is C5H9N. The van der Waals surface area contributed by atoms with Crippen molar-refractivity contribution < 1.29 is 0 Å². The van der Waals surface area contributed by atoms with Crippen molar-refractivity contribution >= 4 is 0 Å². The zero-order chi connectivity index (χ0) is 4.41. The third-order valence-corrected chi connectivity index (χ3v) is 0.831. The zero-order valence-electron chi connectivity index (χ0n) is 3.99. The van der Waals surface area contributed by atoms with Crippen molar-refractivity contribution in [1.29, 1.82) is 0 Å². The quantitative estimate of drug-likeness (QED) is 0.467. The van der Waals surface area contributed by atoms with E-state index >= 15 is 0 Å². The topological polar surface area (TPSA) is 21.9 Å². The fraction of sp³-hybridized carbons (Fsp3) is 0.600. The van der Waals surface area contributed by atoms with E-state index in [4.69, 9.17) is 0 Å². The van der Waals surface area contributed by atoms with Crippen LogP contribution < -0.4 is 5.32 Å². The van der Waals surface area contributed by atoms with Crippen LogP contribution >= 0.6 is 0 Å². The van der Waals surface area contributed by atoms with Crippen molar-refractivity contribution in [3.63, 3.8) is 0 Å². The zero-order valence-corrected chi connectivity index (χ0v) is 3.99. The van der Waals surface area contributed by atoms with Gasteiger partial charge in [-0.2, -0.15) is 0 Å². The standard InChI is InChI=1S/C5H9N/c1-2-3-5-4-6-5/h3,6H,2,4H2,1H3/b5-3-. The molecule has 0 atom stereocenters. The minimum atomic E-state index is 1.13. The Morgan fingerprint density at radius 2 is 2.67 bits per heavy atom. The molecule has 0 amide bonds. The molecule has 1 fully saturated rings. The SMILES string of the molecule is CC/C=C1/CN1. The first-order valence-corrected chi connectivity index (χ1v) is 2.36. The smallest absolute Gasteiger partial charge is 0.0542 e. The maximum Gasteiger partial charge on any atom is 0.0542 e. The van der Waals surface area contributed by atoms with Crippen LogP contribution in [-0.2, 0) is 0 Å². The molecule has 0 aliphatic carbocycles. The fourth-order valence-electron chi connectivity index (χ4n) is 0.442. The monoisotopic (exact) mass is 83.1 g/mol. The Kier molecular flexibility index (Phi) is 0.825. The second-order valence-corrected chi connectivity index (χ2v) is 1.49. The third-order valence-electron chi connectivity index (χ3n) is 0.831. The summed E-state index contributed by atoms with van der Waals surface area (Å²) < 4.78 is 0. The normalized spacial score (nSPS) is 23.8. The molecule has 1 saturated heterocycles. The second-order valence-electron chi connectivity index (χ2n) is 1.49. The maximum atomic E-state index is 3.10. The van der Waals surface area contributed by atoms with Gasteiger partial charge in [0.25, 0.3) is 0 Å².